The molecule has 0 aliphatic rings. The third-order valence-corrected chi connectivity index (χ3v) is 2.99. The number of aryl methyl sites for hydroxylation is 2. The number of hydrogen-bond donors (Lipinski definition) is 1. The number of nitrogens with two attached hydrogens (primary N) is 1. The molecule has 0 aliphatic heterocycles. The highest BCUT2D eigenvalue weighted by Gasteiger charge is 2.09. The summed E-state index contributed by atoms with van der Waals surface area (Å²) in [5.41, 5.74) is 8.69. The summed E-state index contributed by atoms with van der Waals surface area (Å²) in [4.78, 5) is 4.07. The Balaban J connectivity index is 2.60. The van der Waals surface area contributed by atoms with E-state index in [1.807, 2.05) is 13.0 Å². The van der Waals surface area contributed by atoms with Crippen LogP contribution in [-0.4, -0.2) is 4.98 Å². The van der Waals surface area contributed by atoms with Crippen LogP contribution >= 0.6 is 11.6 Å². The van der Waals surface area contributed by atoms with Gasteiger partial charge in [-0.15, -0.1) is 0 Å². The fraction of sp³-hybridized carbons (Fsp3) is 0.154. The summed E-state index contributed by atoms with van der Waals surface area (Å²) in [5, 5.41) is 0.374. The van der Waals surface area contributed by atoms with Crippen molar-refractivity contribution < 1.29 is 4.39 Å². The first kappa shape index (κ1) is 11.9. The Morgan fingerprint density at radius 2 is 1.88 bits per heavy atom. The summed E-state index contributed by atoms with van der Waals surface area (Å²) < 4.78 is 13.3. The van der Waals surface area contributed by atoms with Gasteiger partial charge in [0.15, 0.2) is 0 Å². The minimum atomic E-state index is -0.307. The van der Waals surface area contributed by atoms with Gasteiger partial charge in [0.25, 0.3) is 0 Å². The van der Waals surface area contributed by atoms with Gasteiger partial charge >= 0.3 is 0 Å². The molecule has 4 heteroatoms. The number of hydrogen-bond acceptors (Lipinski definition) is 2. The minimum absolute atomic E-state index is 0.307. The van der Waals surface area contributed by atoms with Gasteiger partial charge in [-0.25, -0.2) is 9.37 Å². The fourth-order valence-electron chi connectivity index (χ4n) is 1.61. The molecule has 0 atom stereocenters. The van der Waals surface area contributed by atoms with Crippen molar-refractivity contribution in [1.82, 2.24) is 4.98 Å². The highest BCUT2D eigenvalue weighted by atomic mass is 35.5. The second-order valence-corrected chi connectivity index (χ2v) is 4.41. The smallest absolute Gasteiger partial charge is 0.127 e. The first-order chi connectivity index (χ1) is 7.99. The zero-order valence-corrected chi connectivity index (χ0v) is 10.3. The molecule has 1 heterocycles. The highest BCUT2D eigenvalue weighted by Crippen LogP contribution is 2.30. The summed E-state index contributed by atoms with van der Waals surface area (Å²) in [7, 11) is 0. The number of benzene rings is 1. The van der Waals surface area contributed by atoms with E-state index in [0.717, 1.165) is 16.7 Å². The average molecular weight is 251 g/mol. The molecule has 0 saturated carbocycles. The maximum Gasteiger partial charge on any atom is 0.127 e. The number of aromatic nitrogens is 1. The Labute approximate surface area is 104 Å². The Hall–Kier alpha value is -1.61. The molecule has 0 saturated heterocycles. The van der Waals surface area contributed by atoms with Crippen molar-refractivity contribution in [3.63, 3.8) is 0 Å². The van der Waals surface area contributed by atoms with Gasteiger partial charge < -0.3 is 5.73 Å². The van der Waals surface area contributed by atoms with E-state index >= 15 is 0 Å². The van der Waals surface area contributed by atoms with Gasteiger partial charge in [-0.05, 0) is 43.2 Å². The van der Waals surface area contributed by atoms with Crippen molar-refractivity contribution in [1.29, 1.82) is 0 Å². The van der Waals surface area contributed by atoms with Gasteiger partial charge in [-0.2, -0.15) is 0 Å². The molecule has 1 aromatic heterocycles. The molecule has 1 aromatic carbocycles. The maximum absolute atomic E-state index is 13.3. The van der Waals surface area contributed by atoms with Crippen LogP contribution in [0.4, 0.5) is 10.2 Å². The summed E-state index contributed by atoms with van der Waals surface area (Å²) in [6.45, 7) is 3.57. The van der Waals surface area contributed by atoms with E-state index in [0.29, 0.717) is 16.4 Å². The molecule has 2 rings (SSSR count). The van der Waals surface area contributed by atoms with E-state index in [1.54, 1.807) is 19.2 Å². The molecule has 0 radical (unpaired) electrons. The Morgan fingerprint density at radius 1 is 1.18 bits per heavy atom. The third-order valence-electron chi connectivity index (χ3n) is 2.68. The van der Waals surface area contributed by atoms with Gasteiger partial charge in [0, 0.05) is 17.3 Å². The van der Waals surface area contributed by atoms with Crippen molar-refractivity contribution >= 4 is 17.4 Å². The number of rotatable bonds is 1. The maximum atomic E-state index is 13.3. The Morgan fingerprint density at radius 3 is 2.53 bits per heavy atom. The van der Waals surface area contributed by atoms with Crippen LogP contribution in [0.15, 0.2) is 24.4 Å². The van der Waals surface area contributed by atoms with Crippen molar-refractivity contribution in [3.8, 4) is 11.1 Å². The largest absolute Gasteiger partial charge is 0.383 e. The molecule has 0 bridgehead atoms. The summed E-state index contributed by atoms with van der Waals surface area (Å²) in [6, 6.07) is 4.92. The molecular formula is C13H12ClFN2. The number of pyridine rings is 1. The van der Waals surface area contributed by atoms with Gasteiger partial charge in [0.05, 0.1) is 5.02 Å². The monoisotopic (exact) mass is 250 g/mol. The molecule has 2 nitrogen and oxygen atoms in total. The van der Waals surface area contributed by atoms with Gasteiger partial charge in [-0.1, -0.05) is 11.6 Å². The highest BCUT2D eigenvalue weighted by molar-refractivity contribution is 6.33. The van der Waals surface area contributed by atoms with Gasteiger partial charge in [0.2, 0.25) is 0 Å². The van der Waals surface area contributed by atoms with E-state index in [1.165, 1.54) is 6.07 Å². The molecule has 0 amide bonds. The zero-order valence-electron chi connectivity index (χ0n) is 9.59. The molecule has 88 valence electrons. The lowest BCUT2D eigenvalue weighted by Gasteiger charge is -2.08. The lowest BCUT2D eigenvalue weighted by atomic mass is 10.0. The van der Waals surface area contributed by atoms with Crippen LogP contribution in [0.2, 0.25) is 5.02 Å². The zero-order chi connectivity index (χ0) is 12.6. The molecular weight excluding hydrogens is 239 g/mol. The minimum Gasteiger partial charge on any atom is -0.383 e. The van der Waals surface area contributed by atoms with Crippen molar-refractivity contribution in [2.24, 2.45) is 0 Å². The van der Waals surface area contributed by atoms with E-state index in [9.17, 15) is 4.39 Å². The standard InChI is InChI=1S/C13H12ClFN2/c1-7-4-10(11(14)5-12(7)15)9-3-8(2)13(16)17-6-9/h3-6H,1-2H3,(H2,16,17). The van der Waals surface area contributed by atoms with Crippen LogP contribution in [0.1, 0.15) is 11.1 Å². The number of anilines is 1. The van der Waals surface area contributed by atoms with Crippen LogP contribution in [0.5, 0.6) is 0 Å². The van der Waals surface area contributed by atoms with E-state index < -0.39 is 0 Å². The second-order valence-electron chi connectivity index (χ2n) is 4.01. The number of nitrogen functional groups attached to an aromatic ring is 1. The Kier molecular flexibility index (Phi) is 3.03. The lowest BCUT2D eigenvalue weighted by Crippen LogP contribution is -1.95. The van der Waals surface area contributed by atoms with Crippen molar-refractivity contribution in [2.75, 3.05) is 5.73 Å². The second kappa shape index (κ2) is 4.34. The first-order valence-electron chi connectivity index (χ1n) is 5.17. The number of halogens is 2. The predicted molar refractivity (Wildman–Crippen MR) is 68.5 cm³/mol. The molecule has 0 aliphatic carbocycles. The summed E-state index contributed by atoms with van der Waals surface area (Å²) in [5.74, 6) is 0.183. The SMILES string of the molecule is Cc1cc(-c2cnc(N)c(C)c2)c(Cl)cc1F. The van der Waals surface area contributed by atoms with Crippen LogP contribution in [-0.2, 0) is 0 Å². The molecule has 0 unspecified atom stereocenters. The van der Waals surface area contributed by atoms with Gasteiger partial charge in [-0.3, -0.25) is 0 Å². The molecule has 17 heavy (non-hydrogen) atoms. The molecule has 2 aromatic rings. The average Bonchev–Trinajstić information content (AvgIpc) is 2.27. The third kappa shape index (κ3) is 2.24. The Bertz CT molecular complexity index is 582. The topological polar surface area (TPSA) is 38.9 Å². The quantitative estimate of drug-likeness (QED) is 0.837. The normalized spacial score (nSPS) is 10.6. The van der Waals surface area contributed by atoms with Crippen LogP contribution in [0.3, 0.4) is 0 Å². The van der Waals surface area contributed by atoms with E-state index in [4.69, 9.17) is 17.3 Å². The lowest BCUT2D eigenvalue weighted by molar-refractivity contribution is 0.619. The molecule has 0 fully saturated rings. The first-order valence-corrected chi connectivity index (χ1v) is 5.55. The predicted octanol–water partition coefficient (Wildman–Crippen LogP) is 3.74. The van der Waals surface area contributed by atoms with Crippen molar-refractivity contribution in [3.05, 3.63) is 46.4 Å². The van der Waals surface area contributed by atoms with E-state index in [-0.39, 0.29) is 5.82 Å². The van der Waals surface area contributed by atoms with E-state index in [2.05, 4.69) is 4.98 Å². The summed E-state index contributed by atoms with van der Waals surface area (Å²) >= 11 is 6.03. The fourth-order valence-corrected chi connectivity index (χ4v) is 1.87. The summed E-state index contributed by atoms with van der Waals surface area (Å²) in [6.07, 6.45) is 1.64. The van der Waals surface area contributed by atoms with Crippen LogP contribution in [0.25, 0.3) is 11.1 Å². The number of nitrogens with zero attached hydrogens (tertiary/aromatic N) is 1. The van der Waals surface area contributed by atoms with Crippen LogP contribution in [0, 0.1) is 19.7 Å². The molecule has 0 spiro atoms. The van der Waals surface area contributed by atoms with Crippen molar-refractivity contribution in [2.45, 2.75) is 13.8 Å². The van der Waals surface area contributed by atoms with Crippen LogP contribution < -0.4 is 5.73 Å². The molecule has 2 N–H and O–H groups in total. The van der Waals surface area contributed by atoms with Gasteiger partial charge in [0.1, 0.15) is 11.6 Å².